The average molecular weight is 247 g/mol. The van der Waals surface area contributed by atoms with Gasteiger partial charge in [-0.1, -0.05) is 18.2 Å². The predicted octanol–water partition coefficient (Wildman–Crippen LogP) is 4.49. The van der Waals surface area contributed by atoms with Gasteiger partial charge in [0.25, 0.3) is 0 Å². The van der Waals surface area contributed by atoms with Crippen LogP contribution in [0.5, 0.6) is 0 Å². The number of hydrogen-bond donors (Lipinski definition) is 0. The number of hydrogen-bond acceptors (Lipinski definition) is 1. The maximum absolute atomic E-state index is 6.46. The maximum Gasteiger partial charge on any atom is 0.0952 e. The topological polar surface area (TPSA) is 13.1 Å². The smallest absolute Gasteiger partial charge is 0.0952 e. The zero-order valence-corrected chi connectivity index (χ0v) is 10.4. The highest BCUT2D eigenvalue weighted by Crippen LogP contribution is 2.32. The van der Waals surface area contributed by atoms with Gasteiger partial charge in [0.05, 0.1) is 17.9 Å². The third-order valence-corrected chi connectivity index (χ3v) is 4.00. The van der Waals surface area contributed by atoms with Crippen molar-refractivity contribution in [3.63, 3.8) is 0 Å². The molecule has 2 aromatic rings. The zero-order chi connectivity index (χ0) is 11.7. The molecule has 1 nitrogen and oxygen atoms in total. The van der Waals surface area contributed by atoms with Gasteiger partial charge >= 0.3 is 0 Å². The lowest BCUT2D eigenvalue weighted by Gasteiger charge is -2.18. The van der Waals surface area contributed by atoms with Crippen LogP contribution in [-0.2, 0) is 12.8 Å². The Kier molecular flexibility index (Phi) is 2.94. The normalized spacial score (nSPS) is 16.5. The van der Waals surface area contributed by atoms with Crippen LogP contribution in [0.4, 0.5) is 0 Å². The lowest BCUT2D eigenvalue weighted by atomic mass is 9.89. The molecule has 1 unspecified atom stereocenters. The van der Waals surface area contributed by atoms with Gasteiger partial charge in [-0.15, -0.1) is 11.6 Å². The van der Waals surface area contributed by atoms with Crippen LogP contribution in [0.25, 0.3) is 0 Å². The van der Waals surface area contributed by atoms with E-state index in [-0.39, 0.29) is 5.38 Å². The van der Waals surface area contributed by atoms with Gasteiger partial charge < -0.3 is 4.42 Å². The standard InChI is InChI=1S/C15H15ClO/c16-15(14-7-8-17-10-14)13-6-5-11-3-1-2-4-12(11)9-13/h5-10,15H,1-4H2. The van der Waals surface area contributed by atoms with Crippen LogP contribution in [0, 0.1) is 0 Å². The van der Waals surface area contributed by atoms with E-state index in [1.54, 1.807) is 12.5 Å². The Hall–Kier alpha value is -1.21. The molecule has 2 heteroatoms. The second kappa shape index (κ2) is 4.58. The highest BCUT2D eigenvalue weighted by molar-refractivity contribution is 6.22. The summed E-state index contributed by atoms with van der Waals surface area (Å²) < 4.78 is 5.09. The van der Waals surface area contributed by atoms with Crippen LogP contribution >= 0.6 is 11.6 Å². The van der Waals surface area contributed by atoms with Crippen LogP contribution in [-0.4, -0.2) is 0 Å². The van der Waals surface area contributed by atoms with E-state index in [0.717, 1.165) is 5.56 Å². The molecule has 0 amide bonds. The summed E-state index contributed by atoms with van der Waals surface area (Å²) in [6.07, 6.45) is 8.42. The molecule has 0 bridgehead atoms. The number of alkyl halides is 1. The molecule has 1 aliphatic carbocycles. The van der Waals surface area contributed by atoms with Crippen molar-refractivity contribution in [1.82, 2.24) is 0 Å². The largest absolute Gasteiger partial charge is 0.472 e. The first kappa shape index (κ1) is 10.9. The number of fused-ring (bicyclic) bond motifs is 1. The Balaban J connectivity index is 1.93. The minimum absolute atomic E-state index is 0.0963. The van der Waals surface area contributed by atoms with Crippen molar-refractivity contribution < 1.29 is 4.42 Å². The molecule has 0 saturated heterocycles. The lowest BCUT2D eigenvalue weighted by molar-refractivity contribution is 0.564. The highest BCUT2D eigenvalue weighted by atomic mass is 35.5. The minimum Gasteiger partial charge on any atom is -0.472 e. The zero-order valence-electron chi connectivity index (χ0n) is 9.66. The SMILES string of the molecule is ClC(c1ccoc1)c1ccc2c(c1)CCCC2. The van der Waals surface area contributed by atoms with Crippen molar-refractivity contribution in [1.29, 1.82) is 0 Å². The summed E-state index contributed by atoms with van der Waals surface area (Å²) in [6, 6.07) is 8.57. The molecule has 1 aromatic heterocycles. The molecule has 0 fully saturated rings. The first-order valence-corrected chi connectivity index (χ1v) is 6.56. The fourth-order valence-corrected chi connectivity index (χ4v) is 2.78. The molecule has 1 aliphatic rings. The molecule has 0 aliphatic heterocycles. The van der Waals surface area contributed by atoms with Crippen LogP contribution in [0.2, 0.25) is 0 Å². The predicted molar refractivity (Wildman–Crippen MR) is 69.5 cm³/mol. The van der Waals surface area contributed by atoms with Crippen molar-refractivity contribution in [2.75, 3.05) is 0 Å². The van der Waals surface area contributed by atoms with E-state index in [2.05, 4.69) is 18.2 Å². The fraction of sp³-hybridized carbons (Fsp3) is 0.333. The van der Waals surface area contributed by atoms with E-state index in [9.17, 15) is 0 Å². The van der Waals surface area contributed by atoms with Gasteiger partial charge in [-0.2, -0.15) is 0 Å². The molecule has 0 spiro atoms. The van der Waals surface area contributed by atoms with Crippen LogP contribution < -0.4 is 0 Å². The Morgan fingerprint density at radius 2 is 1.82 bits per heavy atom. The van der Waals surface area contributed by atoms with Gasteiger partial charge in [0.2, 0.25) is 0 Å². The fourth-order valence-electron chi connectivity index (χ4n) is 2.52. The number of rotatable bonds is 2. The van der Waals surface area contributed by atoms with E-state index in [1.165, 1.54) is 42.4 Å². The van der Waals surface area contributed by atoms with Gasteiger partial charge in [-0.25, -0.2) is 0 Å². The molecular weight excluding hydrogens is 232 g/mol. The van der Waals surface area contributed by atoms with E-state index >= 15 is 0 Å². The van der Waals surface area contributed by atoms with Crippen molar-refractivity contribution in [2.45, 2.75) is 31.1 Å². The average Bonchev–Trinajstić information content (AvgIpc) is 2.91. The molecule has 1 atom stereocenters. The van der Waals surface area contributed by atoms with Gasteiger partial charge in [-0.3, -0.25) is 0 Å². The molecular formula is C15H15ClO. The Morgan fingerprint density at radius 3 is 2.59 bits per heavy atom. The van der Waals surface area contributed by atoms with Gasteiger partial charge in [0, 0.05) is 5.56 Å². The number of aryl methyl sites for hydroxylation is 2. The third-order valence-electron chi connectivity index (χ3n) is 3.50. The molecule has 0 N–H and O–H groups in total. The van der Waals surface area contributed by atoms with Crippen molar-refractivity contribution in [3.8, 4) is 0 Å². The summed E-state index contributed by atoms with van der Waals surface area (Å²) >= 11 is 6.46. The summed E-state index contributed by atoms with van der Waals surface area (Å²) in [5.74, 6) is 0. The van der Waals surface area contributed by atoms with Crippen molar-refractivity contribution in [2.24, 2.45) is 0 Å². The van der Waals surface area contributed by atoms with Gasteiger partial charge in [0.15, 0.2) is 0 Å². The minimum atomic E-state index is -0.0963. The molecule has 0 saturated carbocycles. The first-order chi connectivity index (χ1) is 8.34. The second-order valence-electron chi connectivity index (χ2n) is 4.65. The molecule has 0 radical (unpaired) electrons. The number of halogens is 1. The number of benzene rings is 1. The molecule has 3 rings (SSSR count). The van der Waals surface area contributed by atoms with Crippen LogP contribution in [0.1, 0.15) is 40.5 Å². The third kappa shape index (κ3) is 2.12. The van der Waals surface area contributed by atoms with Gasteiger partial charge in [-0.05, 0) is 48.4 Å². The van der Waals surface area contributed by atoms with Crippen molar-refractivity contribution in [3.05, 3.63) is 59.0 Å². The summed E-state index contributed by atoms with van der Waals surface area (Å²) in [5, 5.41) is -0.0963. The maximum atomic E-state index is 6.46. The van der Waals surface area contributed by atoms with Gasteiger partial charge in [0.1, 0.15) is 0 Å². The highest BCUT2D eigenvalue weighted by Gasteiger charge is 2.15. The van der Waals surface area contributed by atoms with E-state index in [1.807, 2.05) is 6.07 Å². The summed E-state index contributed by atoms with van der Waals surface area (Å²) in [4.78, 5) is 0. The monoisotopic (exact) mass is 246 g/mol. The quantitative estimate of drug-likeness (QED) is 0.712. The Morgan fingerprint density at radius 1 is 1.00 bits per heavy atom. The Labute approximate surface area is 106 Å². The summed E-state index contributed by atoms with van der Waals surface area (Å²) in [6.45, 7) is 0. The van der Waals surface area contributed by atoms with Crippen LogP contribution in [0.15, 0.2) is 41.2 Å². The molecule has 1 aromatic carbocycles. The lowest BCUT2D eigenvalue weighted by Crippen LogP contribution is -2.04. The Bertz CT molecular complexity index is 502. The van der Waals surface area contributed by atoms with E-state index < -0.39 is 0 Å². The van der Waals surface area contributed by atoms with Crippen molar-refractivity contribution >= 4 is 11.6 Å². The number of furan rings is 1. The first-order valence-electron chi connectivity index (χ1n) is 6.12. The summed E-state index contributed by atoms with van der Waals surface area (Å²) in [5.41, 5.74) is 5.18. The van der Waals surface area contributed by atoms with E-state index in [4.69, 9.17) is 16.0 Å². The molecule has 1 heterocycles. The van der Waals surface area contributed by atoms with Crippen LogP contribution in [0.3, 0.4) is 0 Å². The molecule has 88 valence electrons. The van der Waals surface area contributed by atoms with E-state index in [0.29, 0.717) is 0 Å². The molecule has 17 heavy (non-hydrogen) atoms. The summed E-state index contributed by atoms with van der Waals surface area (Å²) in [7, 11) is 0. The second-order valence-corrected chi connectivity index (χ2v) is 5.09.